The highest BCUT2D eigenvalue weighted by atomic mass is 16.1. The first-order chi connectivity index (χ1) is 11.4. The highest BCUT2D eigenvalue weighted by molar-refractivity contribution is 5.94. The minimum absolute atomic E-state index is 0.00264. The summed E-state index contributed by atoms with van der Waals surface area (Å²) < 4.78 is 1.82. The molecular weight excluding hydrogens is 304 g/mol. The molecule has 1 unspecified atom stereocenters. The quantitative estimate of drug-likeness (QED) is 0.749. The Morgan fingerprint density at radius 3 is 2.50 bits per heavy atom. The molecule has 1 atom stereocenters. The Hall–Kier alpha value is -3.02. The third-order valence-corrected chi connectivity index (χ3v) is 3.93. The van der Waals surface area contributed by atoms with Gasteiger partial charge in [-0.3, -0.25) is 14.3 Å². The van der Waals surface area contributed by atoms with Crippen LogP contribution in [-0.4, -0.2) is 25.5 Å². The monoisotopic (exact) mass is 322 g/mol. The molecule has 2 heterocycles. The van der Waals surface area contributed by atoms with E-state index in [1.807, 2.05) is 48.1 Å². The summed E-state index contributed by atoms with van der Waals surface area (Å²) in [5.74, 6) is 0.603. The van der Waals surface area contributed by atoms with Crippen molar-refractivity contribution in [3.8, 4) is 11.4 Å². The van der Waals surface area contributed by atoms with E-state index in [4.69, 9.17) is 0 Å². The summed E-state index contributed by atoms with van der Waals surface area (Å²) in [7, 11) is 0. The van der Waals surface area contributed by atoms with Crippen molar-refractivity contribution in [1.82, 2.24) is 19.7 Å². The van der Waals surface area contributed by atoms with Gasteiger partial charge in [0, 0.05) is 17.8 Å². The van der Waals surface area contributed by atoms with Crippen LogP contribution in [0.4, 0.5) is 0 Å². The van der Waals surface area contributed by atoms with E-state index in [-0.39, 0.29) is 17.4 Å². The van der Waals surface area contributed by atoms with Gasteiger partial charge in [-0.1, -0.05) is 24.3 Å². The maximum Gasteiger partial charge on any atom is 0.251 e. The van der Waals surface area contributed by atoms with Gasteiger partial charge in [-0.05, 0) is 32.4 Å². The molecule has 2 aromatic heterocycles. The lowest BCUT2D eigenvalue weighted by atomic mass is 10.0. The predicted molar refractivity (Wildman–Crippen MR) is 91.1 cm³/mol. The van der Waals surface area contributed by atoms with Gasteiger partial charge in [0.15, 0.2) is 5.78 Å². The molecule has 6 heteroatoms. The van der Waals surface area contributed by atoms with Crippen LogP contribution in [0.5, 0.6) is 0 Å². The zero-order valence-corrected chi connectivity index (χ0v) is 13.8. The Bertz CT molecular complexity index is 938. The van der Waals surface area contributed by atoms with Gasteiger partial charge in [0.05, 0.1) is 11.7 Å². The lowest BCUT2D eigenvalue weighted by molar-refractivity contribution is 0.101. The molecule has 0 saturated carbocycles. The van der Waals surface area contributed by atoms with E-state index in [1.54, 1.807) is 13.8 Å². The number of carbonyl (C=O) groups is 1. The van der Waals surface area contributed by atoms with E-state index in [1.165, 1.54) is 6.07 Å². The molecule has 0 bridgehead atoms. The Kier molecular flexibility index (Phi) is 4.12. The normalized spacial score (nSPS) is 12.1. The number of aromatic amines is 1. The molecule has 122 valence electrons. The van der Waals surface area contributed by atoms with Gasteiger partial charge in [0.2, 0.25) is 0 Å². The second kappa shape index (κ2) is 6.23. The second-order valence-corrected chi connectivity index (χ2v) is 5.75. The molecule has 0 aliphatic heterocycles. The van der Waals surface area contributed by atoms with Crippen LogP contribution < -0.4 is 5.56 Å². The van der Waals surface area contributed by atoms with Gasteiger partial charge < -0.3 is 4.98 Å². The van der Waals surface area contributed by atoms with Crippen molar-refractivity contribution in [3.63, 3.8) is 0 Å². The second-order valence-electron chi connectivity index (χ2n) is 5.75. The molecular formula is C18H18N4O2. The first-order valence-electron chi connectivity index (χ1n) is 7.68. The third kappa shape index (κ3) is 3.17. The van der Waals surface area contributed by atoms with E-state index in [2.05, 4.69) is 15.1 Å². The number of aryl methyl sites for hydroxylation is 1. The fourth-order valence-electron chi connectivity index (χ4n) is 2.55. The van der Waals surface area contributed by atoms with Crippen molar-refractivity contribution in [2.45, 2.75) is 26.8 Å². The Morgan fingerprint density at radius 2 is 1.88 bits per heavy atom. The number of hydrogen-bond acceptors (Lipinski definition) is 4. The molecule has 0 radical (unpaired) electrons. The highest BCUT2D eigenvalue weighted by Crippen LogP contribution is 2.20. The van der Waals surface area contributed by atoms with Crippen molar-refractivity contribution < 1.29 is 4.79 Å². The van der Waals surface area contributed by atoms with E-state index in [0.29, 0.717) is 22.8 Å². The number of rotatable bonds is 4. The Morgan fingerprint density at radius 1 is 1.17 bits per heavy atom. The molecule has 3 rings (SSSR count). The average molecular weight is 322 g/mol. The molecule has 0 fully saturated rings. The summed E-state index contributed by atoms with van der Waals surface area (Å²) in [5.41, 5.74) is 2.74. The number of nitrogens with one attached hydrogen (secondary N) is 1. The predicted octanol–water partition coefficient (Wildman–Crippen LogP) is 2.75. The number of H-pyrrole nitrogens is 1. The maximum absolute atomic E-state index is 11.6. The van der Waals surface area contributed by atoms with Gasteiger partial charge in [0.25, 0.3) is 5.56 Å². The first kappa shape index (κ1) is 15.9. The molecule has 0 spiro atoms. The zero-order chi connectivity index (χ0) is 17.3. The molecule has 3 aromatic rings. The molecule has 0 aliphatic carbocycles. The topological polar surface area (TPSA) is 80.6 Å². The number of ketones is 1. The highest BCUT2D eigenvalue weighted by Gasteiger charge is 2.12. The summed E-state index contributed by atoms with van der Waals surface area (Å²) in [6.07, 6.45) is 1.86. The van der Waals surface area contributed by atoms with E-state index in [0.717, 1.165) is 5.56 Å². The number of Topliss-reactive ketones (excluding diaryl/α,β-unsaturated/α-hetero) is 1. The van der Waals surface area contributed by atoms with Gasteiger partial charge in [0.1, 0.15) is 11.5 Å². The zero-order valence-electron chi connectivity index (χ0n) is 13.8. The van der Waals surface area contributed by atoms with Crippen LogP contribution >= 0.6 is 0 Å². The smallest absolute Gasteiger partial charge is 0.251 e. The van der Waals surface area contributed by atoms with Crippen LogP contribution in [-0.2, 0) is 0 Å². The Balaban J connectivity index is 1.89. The molecule has 0 aliphatic rings. The van der Waals surface area contributed by atoms with Crippen LogP contribution in [0, 0.1) is 6.92 Å². The SMILES string of the molecule is CC(=O)c1ccc(C(C)n2ccc(-c3cc(=O)[nH]c(C)n3)n2)cc1. The van der Waals surface area contributed by atoms with Crippen molar-refractivity contribution in [2.75, 3.05) is 0 Å². The summed E-state index contributed by atoms with van der Waals surface area (Å²) in [6.45, 7) is 5.31. The van der Waals surface area contributed by atoms with Crippen molar-refractivity contribution >= 4 is 5.78 Å². The number of nitrogens with zero attached hydrogens (tertiary/aromatic N) is 3. The number of benzene rings is 1. The third-order valence-electron chi connectivity index (χ3n) is 3.93. The van der Waals surface area contributed by atoms with Crippen LogP contribution in [0.25, 0.3) is 11.4 Å². The van der Waals surface area contributed by atoms with Gasteiger partial charge in [-0.15, -0.1) is 0 Å². The lowest BCUT2D eigenvalue weighted by Gasteiger charge is -2.13. The Labute approximate surface area is 139 Å². The van der Waals surface area contributed by atoms with Crippen LogP contribution in [0.3, 0.4) is 0 Å². The van der Waals surface area contributed by atoms with Crippen LogP contribution in [0.1, 0.15) is 41.6 Å². The standard InChI is InChI=1S/C18H18N4O2/c1-11(14-4-6-15(7-5-14)12(2)23)22-9-8-16(21-22)17-10-18(24)20-13(3)19-17/h4-11H,1-3H3,(H,19,20,24). The molecule has 1 aromatic carbocycles. The fraction of sp³-hybridized carbons (Fsp3) is 0.222. The van der Waals surface area contributed by atoms with Gasteiger partial charge >= 0.3 is 0 Å². The molecule has 0 saturated heterocycles. The summed E-state index contributed by atoms with van der Waals surface area (Å²) >= 11 is 0. The van der Waals surface area contributed by atoms with Crippen molar-refractivity contribution in [1.29, 1.82) is 0 Å². The molecule has 6 nitrogen and oxygen atoms in total. The number of aromatic nitrogens is 4. The average Bonchev–Trinajstić information content (AvgIpc) is 3.03. The van der Waals surface area contributed by atoms with E-state index in [9.17, 15) is 9.59 Å². The maximum atomic E-state index is 11.6. The van der Waals surface area contributed by atoms with E-state index >= 15 is 0 Å². The van der Waals surface area contributed by atoms with Gasteiger partial charge in [-0.25, -0.2) is 4.98 Å². The summed E-state index contributed by atoms with van der Waals surface area (Å²) in [6, 6.07) is 10.8. The van der Waals surface area contributed by atoms with E-state index < -0.39 is 0 Å². The fourth-order valence-corrected chi connectivity index (χ4v) is 2.55. The molecule has 1 N–H and O–H groups in total. The molecule has 0 amide bonds. The lowest BCUT2D eigenvalue weighted by Crippen LogP contribution is -2.10. The number of carbonyl (C=O) groups excluding carboxylic acids is 1. The minimum Gasteiger partial charge on any atom is -0.311 e. The minimum atomic E-state index is -0.195. The number of hydrogen-bond donors (Lipinski definition) is 1. The van der Waals surface area contributed by atoms with Crippen molar-refractivity contribution in [3.05, 3.63) is 69.9 Å². The largest absolute Gasteiger partial charge is 0.311 e. The summed E-state index contributed by atoms with van der Waals surface area (Å²) in [5, 5.41) is 4.53. The van der Waals surface area contributed by atoms with Crippen LogP contribution in [0.15, 0.2) is 47.4 Å². The molecule has 24 heavy (non-hydrogen) atoms. The van der Waals surface area contributed by atoms with Crippen molar-refractivity contribution in [2.24, 2.45) is 0 Å². The van der Waals surface area contributed by atoms with Crippen LogP contribution in [0.2, 0.25) is 0 Å². The van der Waals surface area contributed by atoms with Gasteiger partial charge in [-0.2, -0.15) is 5.10 Å². The summed E-state index contributed by atoms with van der Waals surface area (Å²) in [4.78, 5) is 29.9. The first-order valence-corrected chi connectivity index (χ1v) is 7.68.